The van der Waals surface area contributed by atoms with Crippen molar-refractivity contribution in [3.63, 3.8) is 0 Å². The molecular weight excluding hydrogens is 338 g/mol. The Balaban J connectivity index is 1.68. The molecule has 0 spiro atoms. The summed E-state index contributed by atoms with van der Waals surface area (Å²) in [6.07, 6.45) is 0. The number of nitrogens with one attached hydrogen (secondary N) is 2. The topological polar surface area (TPSA) is 70.2 Å². The summed E-state index contributed by atoms with van der Waals surface area (Å²) in [7, 11) is 3.88. The van der Waals surface area contributed by atoms with E-state index in [0.29, 0.717) is 11.5 Å². The molecule has 0 aliphatic rings. The number of aromatic nitrogens is 2. The molecule has 0 unspecified atom stereocenters. The summed E-state index contributed by atoms with van der Waals surface area (Å²) in [6, 6.07) is 16.9. The van der Waals surface area contributed by atoms with Gasteiger partial charge in [-0.2, -0.15) is 4.98 Å². The fourth-order valence-electron chi connectivity index (χ4n) is 2.51. The average Bonchev–Trinajstić information content (AvgIpc) is 2.63. The van der Waals surface area contributed by atoms with Gasteiger partial charge >= 0.3 is 0 Å². The zero-order valence-corrected chi connectivity index (χ0v) is 15.9. The number of carbonyl (C=O) groups is 1. The van der Waals surface area contributed by atoms with E-state index in [2.05, 4.69) is 20.6 Å². The highest BCUT2D eigenvalue weighted by Gasteiger charge is 2.07. The van der Waals surface area contributed by atoms with E-state index in [-0.39, 0.29) is 5.91 Å². The Labute approximate surface area is 159 Å². The molecule has 1 aromatic heterocycles. The number of amides is 1. The molecule has 27 heavy (non-hydrogen) atoms. The van der Waals surface area contributed by atoms with E-state index >= 15 is 0 Å². The van der Waals surface area contributed by atoms with Gasteiger partial charge in [-0.15, -0.1) is 0 Å². The Morgan fingerprint density at radius 3 is 2.15 bits per heavy atom. The third-order valence-electron chi connectivity index (χ3n) is 4.01. The van der Waals surface area contributed by atoms with Crippen LogP contribution in [0.4, 0.5) is 23.1 Å². The fourth-order valence-corrected chi connectivity index (χ4v) is 2.51. The maximum atomic E-state index is 12.3. The first-order chi connectivity index (χ1) is 12.9. The van der Waals surface area contributed by atoms with Crippen LogP contribution in [0.1, 0.15) is 21.6 Å². The molecule has 1 amide bonds. The Morgan fingerprint density at radius 1 is 0.889 bits per heavy atom. The molecule has 6 nitrogen and oxygen atoms in total. The third-order valence-corrected chi connectivity index (χ3v) is 4.01. The Morgan fingerprint density at radius 2 is 1.52 bits per heavy atom. The molecule has 6 heteroatoms. The van der Waals surface area contributed by atoms with Gasteiger partial charge in [0.2, 0.25) is 5.95 Å². The maximum Gasteiger partial charge on any atom is 0.255 e. The maximum absolute atomic E-state index is 12.3. The molecule has 3 aromatic rings. The van der Waals surface area contributed by atoms with Crippen molar-refractivity contribution in [2.45, 2.75) is 13.8 Å². The summed E-state index contributed by atoms with van der Waals surface area (Å²) in [5, 5.41) is 6.09. The van der Waals surface area contributed by atoms with Crippen molar-refractivity contribution in [3.05, 3.63) is 71.4 Å². The number of benzene rings is 2. The number of hydrogen-bond donors (Lipinski definition) is 2. The minimum Gasteiger partial charge on any atom is -0.363 e. The van der Waals surface area contributed by atoms with Crippen LogP contribution in [0.25, 0.3) is 0 Å². The van der Waals surface area contributed by atoms with Crippen LogP contribution >= 0.6 is 0 Å². The average molecular weight is 361 g/mol. The zero-order chi connectivity index (χ0) is 19.4. The number of nitrogens with zero attached hydrogens (tertiary/aromatic N) is 3. The van der Waals surface area contributed by atoms with Crippen molar-refractivity contribution < 1.29 is 4.79 Å². The molecule has 1 heterocycles. The molecule has 0 fully saturated rings. The van der Waals surface area contributed by atoms with E-state index in [4.69, 9.17) is 0 Å². The van der Waals surface area contributed by atoms with Gasteiger partial charge in [-0.05, 0) is 50.2 Å². The van der Waals surface area contributed by atoms with Crippen molar-refractivity contribution in [3.8, 4) is 0 Å². The molecule has 0 atom stereocenters. The fraction of sp³-hybridized carbons (Fsp3) is 0.190. The summed E-state index contributed by atoms with van der Waals surface area (Å²) in [6.45, 7) is 3.93. The Kier molecular flexibility index (Phi) is 5.35. The standard InChI is InChI=1S/C21H23N5O/c1-14-5-7-16(8-6-14)20(27)23-17-9-11-18(12-10-17)24-21-22-15(2)13-19(25-21)26(3)4/h5-13H,1-4H3,(H,23,27)(H,22,24,25). The Hall–Kier alpha value is -3.41. The normalized spacial score (nSPS) is 10.4. The van der Waals surface area contributed by atoms with Crippen molar-refractivity contribution in [1.29, 1.82) is 0 Å². The van der Waals surface area contributed by atoms with Gasteiger partial charge in [0.15, 0.2) is 0 Å². The lowest BCUT2D eigenvalue weighted by Crippen LogP contribution is -2.13. The highest BCUT2D eigenvalue weighted by atomic mass is 16.1. The van der Waals surface area contributed by atoms with Crippen molar-refractivity contribution in [1.82, 2.24) is 9.97 Å². The zero-order valence-electron chi connectivity index (χ0n) is 15.9. The first-order valence-electron chi connectivity index (χ1n) is 8.69. The third kappa shape index (κ3) is 4.82. The van der Waals surface area contributed by atoms with Crippen molar-refractivity contribution in [2.75, 3.05) is 29.6 Å². The van der Waals surface area contributed by atoms with Gasteiger partial charge < -0.3 is 15.5 Å². The highest BCUT2D eigenvalue weighted by Crippen LogP contribution is 2.19. The number of carbonyl (C=O) groups excluding carboxylic acids is 1. The van der Waals surface area contributed by atoms with Crippen molar-refractivity contribution in [2.24, 2.45) is 0 Å². The van der Waals surface area contributed by atoms with Gasteiger partial charge in [0.1, 0.15) is 5.82 Å². The van der Waals surface area contributed by atoms with E-state index in [1.54, 1.807) is 0 Å². The minimum atomic E-state index is -0.131. The predicted molar refractivity (Wildman–Crippen MR) is 110 cm³/mol. The number of hydrogen-bond acceptors (Lipinski definition) is 5. The van der Waals surface area contributed by atoms with Crippen LogP contribution in [-0.4, -0.2) is 30.0 Å². The largest absolute Gasteiger partial charge is 0.363 e. The van der Waals surface area contributed by atoms with Gasteiger partial charge in [-0.25, -0.2) is 4.98 Å². The lowest BCUT2D eigenvalue weighted by atomic mass is 10.1. The van der Waals surface area contributed by atoms with E-state index < -0.39 is 0 Å². The van der Waals surface area contributed by atoms with E-state index in [1.165, 1.54) is 0 Å². The minimum absolute atomic E-state index is 0.131. The summed E-state index contributed by atoms with van der Waals surface area (Å²) < 4.78 is 0. The van der Waals surface area contributed by atoms with Crippen molar-refractivity contribution >= 4 is 29.0 Å². The van der Waals surface area contributed by atoms with Crippen LogP contribution in [0, 0.1) is 13.8 Å². The van der Waals surface area contributed by atoms with Gasteiger partial charge in [-0.3, -0.25) is 4.79 Å². The predicted octanol–water partition coefficient (Wildman–Crippen LogP) is 4.16. The summed E-state index contributed by atoms with van der Waals surface area (Å²) in [4.78, 5) is 23.1. The smallest absolute Gasteiger partial charge is 0.255 e. The first kappa shape index (κ1) is 18.4. The first-order valence-corrected chi connectivity index (χ1v) is 8.69. The second-order valence-corrected chi connectivity index (χ2v) is 6.61. The molecule has 0 saturated heterocycles. The van der Waals surface area contributed by atoms with E-state index in [0.717, 1.165) is 28.5 Å². The monoisotopic (exact) mass is 361 g/mol. The molecular formula is C21H23N5O. The molecule has 138 valence electrons. The Bertz CT molecular complexity index is 934. The summed E-state index contributed by atoms with van der Waals surface area (Å²) >= 11 is 0. The van der Waals surface area contributed by atoms with Crippen LogP contribution in [-0.2, 0) is 0 Å². The molecule has 0 radical (unpaired) electrons. The summed E-state index contributed by atoms with van der Waals surface area (Å²) in [5.41, 5.74) is 4.21. The second kappa shape index (κ2) is 7.86. The van der Waals surface area contributed by atoms with Gasteiger partial charge in [0.25, 0.3) is 5.91 Å². The molecule has 0 saturated carbocycles. The number of rotatable bonds is 5. The second-order valence-electron chi connectivity index (χ2n) is 6.61. The van der Waals surface area contributed by atoms with Crippen LogP contribution in [0.3, 0.4) is 0 Å². The van der Waals surface area contributed by atoms with E-state index in [1.807, 2.05) is 87.4 Å². The van der Waals surface area contributed by atoms with Gasteiger partial charge in [0.05, 0.1) is 0 Å². The van der Waals surface area contributed by atoms with Crippen LogP contribution < -0.4 is 15.5 Å². The molecule has 2 aromatic carbocycles. The molecule has 0 aliphatic carbocycles. The molecule has 0 aliphatic heterocycles. The molecule has 0 bridgehead atoms. The lowest BCUT2D eigenvalue weighted by molar-refractivity contribution is 0.102. The van der Waals surface area contributed by atoms with Gasteiger partial charge in [0, 0.05) is 42.8 Å². The highest BCUT2D eigenvalue weighted by molar-refractivity contribution is 6.04. The van der Waals surface area contributed by atoms with Gasteiger partial charge in [-0.1, -0.05) is 17.7 Å². The quantitative estimate of drug-likeness (QED) is 0.714. The SMILES string of the molecule is Cc1ccc(C(=O)Nc2ccc(Nc3nc(C)cc(N(C)C)n3)cc2)cc1. The van der Waals surface area contributed by atoms with Crippen LogP contribution in [0.2, 0.25) is 0 Å². The van der Waals surface area contributed by atoms with Crippen LogP contribution in [0.5, 0.6) is 0 Å². The molecule has 3 rings (SSSR count). The summed E-state index contributed by atoms with van der Waals surface area (Å²) in [5.74, 6) is 1.25. The number of anilines is 4. The van der Waals surface area contributed by atoms with E-state index in [9.17, 15) is 4.79 Å². The molecule has 2 N–H and O–H groups in total. The lowest BCUT2D eigenvalue weighted by Gasteiger charge is -2.14. The number of aryl methyl sites for hydroxylation is 2. The van der Waals surface area contributed by atoms with Crippen LogP contribution in [0.15, 0.2) is 54.6 Å².